The highest BCUT2D eigenvalue weighted by molar-refractivity contribution is 6.05. The average molecular weight is 551 g/mol. The Morgan fingerprint density at radius 1 is 1.15 bits per heavy atom. The predicted molar refractivity (Wildman–Crippen MR) is 141 cm³/mol. The number of aliphatic imine (C=N–C) groups is 2. The molecule has 206 valence electrons. The van der Waals surface area contributed by atoms with Crippen LogP contribution in [0, 0.1) is 12.8 Å². The van der Waals surface area contributed by atoms with Gasteiger partial charge in [-0.05, 0) is 62.6 Å². The summed E-state index contributed by atoms with van der Waals surface area (Å²) in [6.07, 6.45) is 3.78. The first-order valence-corrected chi connectivity index (χ1v) is 13.0. The standard InChI is InChI=1S/C28H26F3N7O2/c1-16-12-20(28(29,30)31)13-23(34-16)35-27(40)18-4-2-17(3-5-18)26-36-25(22-14-33-10-11-38(22,26)32)19-6-7-21-8-9-24(39)37(21)15-19/h2-5,10-14,19,21H,6-9,15,32H2,1H3/p+1/t19-,21+,38?/m1/s1. The monoisotopic (exact) mass is 550 g/mol. The lowest BCUT2D eigenvalue weighted by Gasteiger charge is -2.35. The molecular weight excluding hydrogens is 523 g/mol. The lowest BCUT2D eigenvalue weighted by Crippen LogP contribution is -2.53. The van der Waals surface area contributed by atoms with Gasteiger partial charge >= 0.3 is 6.18 Å². The molecule has 3 atom stereocenters. The smallest absolute Gasteiger partial charge is 0.339 e. The fourth-order valence-electron chi connectivity index (χ4n) is 5.85. The number of carbonyl (C=O) groups is 2. The second kappa shape index (κ2) is 9.49. The molecule has 1 aromatic heterocycles. The van der Waals surface area contributed by atoms with E-state index in [0.29, 0.717) is 30.4 Å². The largest absolute Gasteiger partial charge is 0.416 e. The second-order valence-electron chi connectivity index (χ2n) is 10.5. The molecule has 0 spiro atoms. The van der Waals surface area contributed by atoms with Crippen LogP contribution in [0.5, 0.6) is 0 Å². The number of amidine groups is 1. The van der Waals surface area contributed by atoms with E-state index < -0.39 is 17.6 Å². The normalized spacial score (nSPS) is 25.7. The van der Waals surface area contributed by atoms with Crippen LogP contribution >= 0.6 is 0 Å². The van der Waals surface area contributed by atoms with E-state index >= 15 is 0 Å². The number of carbonyl (C=O) groups excluding carboxylic acids is 2. The van der Waals surface area contributed by atoms with Gasteiger partial charge in [0.25, 0.3) is 11.7 Å². The molecule has 1 aromatic carbocycles. The van der Waals surface area contributed by atoms with Gasteiger partial charge in [-0.15, -0.1) is 4.59 Å². The number of alkyl halides is 3. The number of rotatable bonds is 4. The molecule has 6 rings (SSSR count). The van der Waals surface area contributed by atoms with Gasteiger partial charge < -0.3 is 10.2 Å². The summed E-state index contributed by atoms with van der Waals surface area (Å²) in [6, 6.07) is 8.55. The third kappa shape index (κ3) is 4.52. The van der Waals surface area contributed by atoms with Crippen molar-refractivity contribution in [1.29, 1.82) is 0 Å². The maximum atomic E-state index is 13.2. The number of anilines is 1. The van der Waals surface area contributed by atoms with Crippen molar-refractivity contribution >= 4 is 29.7 Å². The first-order chi connectivity index (χ1) is 19.0. The number of benzene rings is 1. The minimum absolute atomic E-state index is 0.0262. The van der Waals surface area contributed by atoms with Crippen molar-refractivity contribution in [2.45, 2.75) is 44.8 Å². The number of nitrogens with two attached hydrogens (primary N) is 1. The number of nitrogens with zero attached hydrogens (tertiary/aromatic N) is 5. The molecule has 2 fully saturated rings. The van der Waals surface area contributed by atoms with Gasteiger partial charge in [-0.2, -0.15) is 24.0 Å². The summed E-state index contributed by atoms with van der Waals surface area (Å²) in [5.74, 6) is 6.81. The van der Waals surface area contributed by atoms with E-state index in [4.69, 9.17) is 10.8 Å². The quantitative estimate of drug-likeness (QED) is 0.437. The highest BCUT2D eigenvalue weighted by Crippen LogP contribution is 2.40. The Bertz CT molecular complexity index is 1530. The Morgan fingerprint density at radius 3 is 2.67 bits per heavy atom. The first-order valence-electron chi connectivity index (χ1n) is 13.0. The van der Waals surface area contributed by atoms with Crippen LogP contribution in [0.15, 0.2) is 70.2 Å². The summed E-state index contributed by atoms with van der Waals surface area (Å²) in [4.78, 5) is 40.4. The van der Waals surface area contributed by atoms with E-state index in [9.17, 15) is 22.8 Å². The van der Waals surface area contributed by atoms with Crippen LogP contribution < -0.4 is 11.2 Å². The third-order valence-electron chi connectivity index (χ3n) is 7.85. The molecule has 40 heavy (non-hydrogen) atoms. The number of allylic oxidation sites excluding steroid dienone is 1. The van der Waals surface area contributed by atoms with Crippen molar-refractivity contribution in [2.24, 2.45) is 21.7 Å². The van der Waals surface area contributed by atoms with Crippen LogP contribution in [0.2, 0.25) is 0 Å². The summed E-state index contributed by atoms with van der Waals surface area (Å²) in [5.41, 5.74) is 1.69. The van der Waals surface area contributed by atoms with Crippen molar-refractivity contribution in [2.75, 3.05) is 11.9 Å². The number of fused-ring (bicyclic) bond motifs is 2. The number of quaternary nitrogens is 1. The fourth-order valence-corrected chi connectivity index (χ4v) is 5.85. The zero-order valence-corrected chi connectivity index (χ0v) is 21.7. The van der Waals surface area contributed by atoms with E-state index in [2.05, 4.69) is 15.3 Å². The van der Waals surface area contributed by atoms with E-state index in [0.717, 1.165) is 42.8 Å². The topological polar surface area (TPSA) is 113 Å². The Labute approximate surface area is 228 Å². The lowest BCUT2D eigenvalue weighted by atomic mass is 9.90. The van der Waals surface area contributed by atoms with Crippen molar-refractivity contribution < 1.29 is 27.4 Å². The predicted octanol–water partition coefficient (Wildman–Crippen LogP) is 4.28. The number of pyridine rings is 1. The number of hydrogen-bond acceptors (Lipinski definition) is 6. The van der Waals surface area contributed by atoms with Gasteiger partial charge in [0.05, 0.1) is 23.5 Å². The van der Waals surface area contributed by atoms with E-state index in [1.807, 2.05) is 4.90 Å². The molecule has 2 aromatic rings. The van der Waals surface area contributed by atoms with E-state index in [1.54, 1.807) is 42.9 Å². The number of nitrogens with one attached hydrogen (secondary N) is 1. The van der Waals surface area contributed by atoms with Crippen LogP contribution in [0.4, 0.5) is 19.0 Å². The van der Waals surface area contributed by atoms with Crippen LogP contribution in [0.1, 0.15) is 52.9 Å². The molecule has 0 aliphatic carbocycles. The van der Waals surface area contributed by atoms with E-state index in [-0.39, 0.29) is 33.5 Å². The number of aromatic nitrogens is 1. The molecule has 9 nitrogen and oxygen atoms in total. The van der Waals surface area contributed by atoms with Gasteiger partial charge in [-0.25, -0.2) is 4.98 Å². The molecule has 1 unspecified atom stereocenters. The molecule has 5 heterocycles. The van der Waals surface area contributed by atoms with Gasteiger partial charge in [-0.3, -0.25) is 14.6 Å². The lowest BCUT2D eigenvalue weighted by molar-refractivity contribution is -0.750. The number of halogens is 3. The van der Waals surface area contributed by atoms with Crippen molar-refractivity contribution in [3.05, 3.63) is 82.6 Å². The summed E-state index contributed by atoms with van der Waals surface area (Å²) in [5, 5.41) is 2.45. The number of hydrogen-bond donors (Lipinski definition) is 2. The molecule has 4 aliphatic rings. The maximum Gasteiger partial charge on any atom is 0.416 e. The van der Waals surface area contributed by atoms with E-state index in [1.165, 1.54) is 6.92 Å². The van der Waals surface area contributed by atoms with Crippen molar-refractivity contribution in [3.63, 3.8) is 0 Å². The summed E-state index contributed by atoms with van der Waals surface area (Å²) in [7, 11) is 0. The molecule has 0 radical (unpaired) electrons. The highest BCUT2D eigenvalue weighted by atomic mass is 19.4. The van der Waals surface area contributed by atoms with Crippen LogP contribution in [-0.4, -0.2) is 50.9 Å². The maximum absolute atomic E-state index is 13.2. The first kappa shape index (κ1) is 26.1. The third-order valence-corrected chi connectivity index (χ3v) is 7.85. The Balaban J connectivity index is 1.25. The summed E-state index contributed by atoms with van der Waals surface area (Å²) in [6.45, 7) is 2.03. The van der Waals surface area contributed by atoms with Crippen molar-refractivity contribution in [1.82, 2.24) is 9.88 Å². The second-order valence-corrected chi connectivity index (χ2v) is 10.5. The van der Waals surface area contributed by atoms with Gasteiger partial charge in [0, 0.05) is 36.2 Å². The summed E-state index contributed by atoms with van der Waals surface area (Å²) < 4.78 is 39.3. The molecular formula is C28H27F3N7O2+. The van der Waals surface area contributed by atoms with Gasteiger partial charge in [0.2, 0.25) is 11.6 Å². The molecule has 0 saturated carbocycles. The number of aryl methyl sites for hydroxylation is 1. The average Bonchev–Trinajstić information content (AvgIpc) is 3.44. The molecule has 4 aliphatic heterocycles. The minimum atomic E-state index is -4.55. The van der Waals surface area contributed by atoms with Crippen LogP contribution in [-0.2, 0) is 11.0 Å². The Kier molecular flexibility index (Phi) is 6.19. The molecule has 2 saturated heterocycles. The fraction of sp³-hybridized carbons (Fsp3) is 0.321. The van der Waals surface area contributed by atoms with Gasteiger partial charge in [0.1, 0.15) is 17.7 Å². The van der Waals surface area contributed by atoms with Gasteiger partial charge in [0.15, 0.2) is 0 Å². The van der Waals surface area contributed by atoms with Crippen LogP contribution in [0.25, 0.3) is 0 Å². The zero-order chi connectivity index (χ0) is 28.2. The number of piperidine rings is 1. The molecule has 0 bridgehead atoms. The number of amides is 2. The van der Waals surface area contributed by atoms with Gasteiger partial charge in [-0.1, -0.05) is 0 Å². The highest BCUT2D eigenvalue weighted by Gasteiger charge is 2.48. The SMILES string of the molecule is Cc1cc(C(F)(F)F)cc(NC(=O)c2ccc(C3=NC([C@@H]4CC[C@H]5CCC(=O)N5C4)=C4C=NC=C[N+]34N)cc2)n1. The Hall–Kier alpha value is -4.16. The molecule has 3 N–H and O–H groups in total. The molecule has 2 amide bonds. The summed E-state index contributed by atoms with van der Waals surface area (Å²) >= 11 is 0. The van der Waals surface area contributed by atoms with Crippen LogP contribution in [0.3, 0.4) is 0 Å². The minimum Gasteiger partial charge on any atom is -0.339 e. The van der Waals surface area contributed by atoms with Crippen molar-refractivity contribution in [3.8, 4) is 0 Å². The molecule has 12 heteroatoms. The zero-order valence-electron chi connectivity index (χ0n) is 21.7. The Morgan fingerprint density at radius 2 is 1.93 bits per heavy atom.